The molecule has 0 amide bonds. The number of nitrogens with zero attached hydrogens (tertiary/aromatic N) is 1. The molecule has 0 spiro atoms. The highest BCUT2D eigenvalue weighted by molar-refractivity contribution is 7.89. The summed E-state index contributed by atoms with van der Waals surface area (Å²) in [5.74, 6) is 0.588. The van der Waals surface area contributed by atoms with Gasteiger partial charge in [0, 0.05) is 19.3 Å². The molecule has 0 aromatic heterocycles. The summed E-state index contributed by atoms with van der Waals surface area (Å²) >= 11 is 0. The summed E-state index contributed by atoms with van der Waals surface area (Å²) in [6, 6.07) is 0.351. The maximum atomic E-state index is 11.5. The molecule has 1 aliphatic carbocycles. The van der Waals surface area contributed by atoms with Gasteiger partial charge in [-0.2, -0.15) is 0 Å². The summed E-state index contributed by atoms with van der Waals surface area (Å²) in [5, 5.41) is 0. The van der Waals surface area contributed by atoms with Gasteiger partial charge in [-0.1, -0.05) is 19.8 Å². The molecule has 1 saturated carbocycles. The molecule has 3 nitrogen and oxygen atoms in total. The van der Waals surface area contributed by atoms with Gasteiger partial charge in [0.2, 0.25) is 0 Å². The smallest absolute Gasteiger partial charge is 0.104 e. The molecule has 0 heterocycles. The number of rotatable bonds is 2. The molecular formula is C9H20N2OS. The Balaban J connectivity index is 2.70. The fourth-order valence-electron chi connectivity index (χ4n) is 2.10. The van der Waals surface area contributed by atoms with Crippen LogP contribution in [-0.2, 0) is 9.92 Å². The first kappa shape index (κ1) is 11.0. The number of nitrogens with one attached hydrogen (secondary N) is 1. The van der Waals surface area contributed by atoms with E-state index in [0.717, 1.165) is 6.42 Å². The van der Waals surface area contributed by atoms with E-state index in [-0.39, 0.29) is 0 Å². The Morgan fingerprint density at radius 1 is 1.38 bits per heavy atom. The zero-order valence-electron chi connectivity index (χ0n) is 8.75. The Bertz CT molecular complexity index is 261. The van der Waals surface area contributed by atoms with Crippen molar-refractivity contribution in [1.82, 2.24) is 4.31 Å². The molecule has 3 unspecified atom stereocenters. The van der Waals surface area contributed by atoms with Crippen LogP contribution in [0, 0.1) is 10.7 Å². The zero-order valence-corrected chi connectivity index (χ0v) is 9.56. The molecule has 0 radical (unpaired) electrons. The quantitative estimate of drug-likeness (QED) is 0.735. The van der Waals surface area contributed by atoms with E-state index in [1.165, 1.54) is 25.5 Å². The number of hydrogen-bond donors (Lipinski definition) is 1. The Kier molecular flexibility index (Phi) is 3.35. The maximum Gasteiger partial charge on any atom is 0.104 e. The SMILES string of the molecule is CC1CCCCC1N(C)S(C)(=N)=O. The van der Waals surface area contributed by atoms with Crippen LogP contribution in [0.1, 0.15) is 32.6 Å². The van der Waals surface area contributed by atoms with Crippen molar-refractivity contribution in [1.29, 1.82) is 4.78 Å². The fourth-order valence-corrected chi connectivity index (χ4v) is 2.93. The van der Waals surface area contributed by atoms with Crippen molar-refractivity contribution >= 4 is 9.92 Å². The molecule has 0 aromatic carbocycles. The van der Waals surface area contributed by atoms with Crippen molar-refractivity contribution in [3.63, 3.8) is 0 Å². The van der Waals surface area contributed by atoms with Crippen LogP contribution in [0.3, 0.4) is 0 Å². The van der Waals surface area contributed by atoms with Gasteiger partial charge in [-0.05, 0) is 18.8 Å². The molecule has 0 aromatic rings. The Labute approximate surface area is 81.6 Å². The van der Waals surface area contributed by atoms with Crippen LogP contribution in [0.2, 0.25) is 0 Å². The van der Waals surface area contributed by atoms with Gasteiger partial charge in [0.05, 0.1) is 0 Å². The summed E-state index contributed by atoms with van der Waals surface area (Å²) in [7, 11) is -0.681. The van der Waals surface area contributed by atoms with Crippen molar-refractivity contribution in [2.24, 2.45) is 5.92 Å². The van der Waals surface area contributed by atoms with Gasteiger partial charge < -0.3 is 0 Å². The molecule has 1 aliphatic rings. The summed E-state index contributed by atoms with van der Waals surface area (Å²) in [6.07, 6.45) is 6.32. The molecule has 13 heavy (non-hydrogen) atoms. The van der Waals surface area contributed by atoms with E-state index in [9.17, 15) is 4.21 Å². The minimum absolute atomic E-state index is 0.351. The van der Waals surface area contributed by atoms with Gasteiger partial charge in [-0.25, -0.2) is 13.3 Å². The third-order valence-corrected chi connectivity index (χ3v) is 4.45. The van der Waals surface area contributed by atoms with Crippen LogP contribution in [-0.4, -0.2) is 27.9 Å². The van der Waals surface area contributed by atoms with Crippen molar-refractivity contribution in [3.8, 4) is 0 Å². The highest BCUT2D eigenvalue weighted by Gasteiger charge is 2.27. The lowest BCUT2D eigenvalue weighted by molar-refractivity contribution is 0.218. The monoisotopic (exact) mass is 204 g/mol. The lowest BCUT2D eigenvalue weighted by Gasteiger charge is -2.35. The molecule has 0 bridgehead atoms. The molecule has 78 valence electrons. The fraction of sp³-hybridized carbons (Fsp3) is 1.00. The molecule has 0 saturated heterocycles. The van der Waals surface area contributed by atoms with Crippen molar-refractivity contribution in [2.75, 3.05) is 13.3 Å². The molecular weight excluding hydrogens is 184 g/mol. The van der Waals surface area contributed by atoms with E-state index in [0.29, 0.717) is 12.0 Å². The van der Waals surface area contributed by atoms with Crippen molar-refractivity contribution in [2.45, 2.75) is 38.6 Å². The molecule has 0 aliphatic heterocycles. The summed E-state index contributed by atoms with van der Waals surface area (Å²) in [4.78, 5) is 0. The first-order valence-electron chi connectivity index (χ1n) is 4.89. The summed E-state index contributed by atoms with van der Waals surface area (Å²) in [5.41, 5.74) is 0. The van der Waals surface area contributed by atoms with Crippen LogP contribution in [0.4, 0.5) is 0 Å². The molecule has 3 atom stereocenters. The van der Waals surface area contributed by atoms with Crippen LogP contribution >= 0.6 is 0 Å². The van der Waals surface area contributed by atoms with Gasteiger partial charge in [0.15, 0.2) is 0 Å². The maximum absolute atomic E-state index is 11.5. The van der Waals surface area contributed by atoms with Gasteiger partial charge in [-0.3, -0.25) is 0 Å². The summed E-state index contributed by atoms with van der Waals surface area (Å²) in [6.45, 7) is 2.20. The second kappa shape index (κ2) is 3.96. The Morgan fingerprint density at radius 3 is 2.38 bits per heavy atom. The average molecular weight is 204 g/mol. The number of hydrogen-bond acceptors (Lipinski definition) is 2. The topological polar surface area (TPSA) is 44.2 Å². The van der Waals surface area contributed by atoms with Gasteiger partial charge in [0.1, 0.15) is 9.92 Å². The lowest BCUT2D eigenvalue weighted by Crippen LogP contribution is -2.41. The minimum Gasteiger partial charge on any atom is -0.240 e. The van der Waals surface area contributed by atoms with E-state index in [4.69, 9.17) is 4.78 Å². The third kappa shape index (κ3) is 2.68. The highest BCUT2D eigenvalue weighted by atomic mass is 32.2. The normalized spacial score (nSPS) is 34.5. The van der Waals surface area contributed by atoms with Crippen LogP contribution in [0.15, 0.2) is 0 Å². The molecule has 1 rings (SSSR count). The van der Waals surface area contributed by atoms with E-state index < -0.39 is 9.92 Å². The minimum atomic E-state index is -2.50. The predicted octanol–water partition coefficient (Wildman–Crippen LogP) is 2.09. The van der Waals surface area contributed by atoms with Crippen molar-refractivity contribution in [3.05, 3.63) is 0 Å². The van der Waals surface area contributed by atoms with Crippen molar-refractivity contribution < 1.29 is 4.21 Å². The first-order valence-corrected chi connectivity index (χ1v) is 6.82. The standard InChI is InChI=1S/C9H20N2OS/c1-8-6-4-5-7-9(8)11(2)13(3,10)12/h8-10H,4-7H2,1-3H3. The van der Waals surface area contributed by atoms with E-state index in [1.54, 1.807) is 4.31 Å². The van der Waals surface area contributed by atoms with E-state index in [2.05, 4.69) is 6.92 Å². The lowest BCUT2D eigenvalue weighted by atomic mass is 9.86. The van der Waals surface area contributed by atoms with E-state index >= 15 is 0 Å². The first-order chi connectivity index (χ1) is 5.93. The highest BCUT2D eigenvalue weighted by Crippen LogP contribution is 2.28. The largest absolute Gasteiger partial charge is 0.240 e. The van der Waals surface area contributed by atoms with Gasteiger partial charge in [-0.15, -0.1) is 0 Å². The van der Waals surface area contributed by atoms with Gasteiger partial charge >= 0.3 is 0 Å². The summed E-state index contributed by atoms with van der Waals surface area (Å²) < 4.78 is 20.8. The third-order valence-electron chi connectivity index (χ3n) is 3.08. The Hall–Kier alpha value is -0.0900. The Morgan fingerprint density at radius 2 is 1.92 bits per heavy atom. The van der Waals surface area contributed by atoms with Crippen LogP contribution < -0.4 is 0 Å². The average Bonchev–Trinajstić information content (AvgIpc) is 2.02. The zero-order chi connectivity index (χ0) is 10.1. The predicted molar refractivity (Wildman–Crippen MR) is 56.0 cm³/mol. The second-order valence-electron chi connectivity index (χ2n) is 4.18. The van der Waals surface area contributed by atoms with Crippen LogP contribution in [0.5, 0.6) is 0 Å². The van der Waals surface area contributed by atoms with Gasteiger partial charge in [0.25, 0.3) is 0 Å². The molecule has 1 fully saturated rings. The molecule has 1 N–H and O–H groups in total. The second-order valence-corrected chi connectivity index (χ2v) is 6.36. The molecule has 4 heteroatoms. The van der Waals surface area contributed by atoms with Crippen LogP contribution in [0.25, 0.3) is 0 Å². The van der Waals surface area contributed by atoms with E-state index in [1.807, 2.05) is 7.05 Å².